The summed E-state index contributed by atoms with van der Waals surface area (Å²) in [5, 5.41) is 0.579. The van der Waals surface area contributed by atoms with Crippen LogP contribution in [-0.4, -0.2) is 46.5 Å². The van der Waals surface area contributed by atoms with Crippen molar-refractivity contribution in [1.82, 2.24) is 14.3 Å². The van der Waals surface area contributed by atoms with Gasteiger partial charge in [0.1, 0.15) is 5.65 Å². The number of halogens is 5. The fourth-order valence-electron chi connectivity index (χ4n) is 3.82. The number of hydrogen-bond donors (Lipinski definition) is 0. The van der Waals surface area contributed by atoms with Gasteiger partial charge in [-0.3, -0.25) is 4.79 Å². The minimum atomic E-state index is -4.46. The highest BCUT2D eigenvalue weighted by Gasteiger charge is 2.32. The molecule has 0 unspecified atom stereocenters. The number of aromatic nitrogens is 2. The van der Waals surface area contributed by atoms with Crippen LogP contribution in [0.4, 0.5) is 13.2 Å². The number of pyridine rings is 1. The molecule has 0 spiro atoms. The Balaban J connectivity index is 1.73. The van der Waals surface area contributed by atoms with Gasteiger partial charge in [0.25, 0.3) is 5.91 Å². The Morgan fingerprint density at radius 2 is 1.88 bits per heavy atom. The third-order valence-corrected chi connectivity index (χ3v) is 6.41. The smallest absolute Gasteiger partial charge is 0.378 e. The number of rotatable bonds is 3. The van der Waals surface area contributed by atoms with Gasteiger partial charge in [0, 0.05) is 36.4 Å². The zero-order valence-corrected chi connectivity index (χ0v) is 18.9. The van der Waals surface area contributed by atoms with Crippen molar-refractivity contribution in [2.45, 2.75) is 26.4 Å². The van der Waals surface area contributed by atoms with E-state index in [1.165, 1.54) is 4.40 Å². The zero-order chi connectivity index (χ0) is 23.2. The number of ether oxygens (including phenoxy) is 1. The first kappa shape index (κ1) is 22.9. The maximum Gasteiger partial charge on any atom is 0.417 e. The lowest BCUT2D eigenvalue weighted by atomic mass is 10.0. The summed E-state index contributed by atoms with van der Waals surface area (Å²) in [5.74, 6) is -0.214. The molecule has 0 radical (unpaired) electrons. The third-order valence-electron chi connectivity index (χ3n) is 5.63. The van der Waals surface area contributed by atoms with Gasteiger partial charge >= 0.3 is 6.18 Å². The number of nitrogens with zero attached hydrogens (tertiary/aromatic N) is 3. The first-order valence-corrected chi connectivity index (χ1v) is 10.7. The van der Waals surface area contributed by atoms with E-state index in [0.29, 0.717) is 65.1 Å². The summed E-state index contributed by atoms with van der Waals surface area (Å²) in [6.45, 7) is 5.15. The number of carbonyl (C=O) groups excluding carboxylic acids is 1. The largest absolute Gasteiger partial charge is 0.417 e. The van der Waals surface area contributed by atoms with E-state index in [1.54, 1.807) is 30.9 Å². The van der Waals surface area contributed by atoms with Crippen molar-refractivity contribution in [1.29, 1.82) is 0 Å². The molecule has 1 saturated heterocycles. The lowest BCUT2D eigenvalue weighted by molar-refractivity contribution is -0.137. The number of benzene rings is 1. The van der Waals surface area contributed by atoms with Crippen molar-refractivity contribution in [2.24, 2.45) is 0 Å². The SMILES string of the molecule is Cc1cc(C(F)(F)F)cn2c(C)c(Cc3c(Cl)ccc(C(=O)N4CCOCC4)c3Cl)nc12. The molecule has 2 aromatic heterocycles. The van der Waals surface area contributed by atoms with E-state index < -0.39 is 11.7 Å². The molecule has 5 nitrogen and oxygen atoms in total. The molecule has 1 aliphatic rings. The summed E-state index contributed by atoms with van der Waals surface area (Å²) in [4.78, 5) is 19.1. The molecular formula is C22H20Cl2F3N3O2. The lowest BCUT2D eigenvalue weighted by Crippen LogP contribution is -2.40. The number of aryl methyl sites for hydroxylation is 2. The van der Waals surface area contributed by atoms with Gasteiger partial charge in [-0.05, 0) is 43.2 Å². The van der Waals surface area contributed by atoms with Crippen molar-refractivity contribution in [3.8, 4) is 0 Å². The Labute approximate surface area is 192 Å². The minimum absolute atomic E-state index is 0.177. The molecule has 0 aliphatic carbocycles. The number of fused-ring (bicyclic) bond motifs is 1. The highest BCUT2D eigenvalue weighted by molar-refractivity contribution is 6.38. The van der Waals surface area contributed by atoms with Crippen LogP contribution < -0.4 is 0 Å². The van der Waals surface area contributed by atoms with Gasteiger partial charge in [-0.15, -0.1) is 0 Å². The molecule has 32 heavy (non-hydrogen) atoms. The number of hydrogen-bond acceptors (Lipinski definition) is 3. The molecule has 3 heterocycles. The Kier molecular flexibility index (Phi) is 6.13. The number of amides is 1. The van der Waals surface area contributed by atoms with Gasteiger partial charge in [-0.2, -0.15) is 13.2 Å². The van der Waals surface area contributed by atoms with Crippen molar-refractivity contribution in [3.63, 3.8) is 0 Å². The normalized spacial score (nSPS) is 14.9. The van der Waals surface area contributed by atoms with E-state index in [9.17, 15) is 18.0 Å². The summed E-state index contributed by atoms with van der Waals surface area (Å²) in [5.41, 5.74) is 2.00. The van der Waals surface area contributed by atoms with Crippen LogP contribution in [0, 0.1) is 13.8 Å². The lowest BCUT2D eigenvalue weighted by Gasteiger charge is -2.27. The third kappa shape index (κ3) is 4.19. The molecule has 0 N–H and O–H groups in total. The van der Waals surface area contributed by atoms with Crippen LogP contribution in [0.3, 0.4) is 0 Å². The van der Waals surface area contributed by atoms with Crippen molar-refractivity contribution >= 4 is 34.8 Å². The summed E-state index contributed by atoms with van der Waals surface area (Å²) in [6, 6.07) is 4.27. The zero-order valence-electron chi connectivity index (χ0n) is 17.4. The number of carbonyl (C=O) groups is 1. The summed E-state index contributed by atoms with van der Waals surface area (Å²) >= 11 is 13.0. The average molecular weight is 486 g/mol. The van der Waals surface area contributed by atoms with Gasteiger partial charge in [-0.25, -0.2) is 4.98 Å². The Morgan fingerprint density at radius 1 is 1.19 bits per heavy atom. The van der Waals surface area contributed by atoms with Crippen LogP contribution >= 0.6 is 23.2 Å². The molecule has 0 bridgehead atoms. The van der Waals surface area contributed by atoms with Crippen LogP contribution in [0.15, 0.2) is 24.4 Å². The molecular weight excluding hydrogens is 466 g/mol. The van der Waals surface area contributed by atoms with E-state index in [4.69, 9.17) is 27.9 Å². The summed E-state index contributed by atoms with van der Waals surface area (Å²) in [7, 11) is 0. The van der Waals surface area contributed by atoms with Crippen molar-refractivity contribution < 1.29 is 22.7 Å². The predicted molar refractivity (Wildman–Crippen MR) is 116 cm³/mol. The molecule has 10 heteroatoms. The highest BCUT2D eigenvalue weighted by Crippen LogP contribution is 2.34. The molecule has 0 saturated carbocycles. The second kappa shape index (κ2) is 8.57. The second-order valence-corrected chi connectivity index (χ2v) is 8.50. The number of morpholine rings is 1. The van der Waals surface area contributed by atoms with E-state index >= 15 is 0 Å². The topological polar surface area (TPSA) is 46.8 Å². The molecule has 0 atom stereocenters. The van der Waals surface area contributed by atoms with Gasteiger partial charge in [-0.1, -0.05) is 23.2 Å². The first-order valence-electron chi connectivity index (χ1n) is 9.97. The highest BCUT2D eigenvalue weighted by atomic mass is 35.5. The number of alkyl halides is 3. The van der Waals surface area contributed by atoms with Crippen LogP contribution in [0.2, 0.25) is 10.0 Å². The van der Waals surface area contributed by atoms with Crippen molar-refractivity contribution in [3.05, 3.63) is 68.1 Å². The summed E-state index contributed by atoms with van der Waals surface area (Å²) in [6.07, 6.45) is -3.25. The van der Waals surface area contributed by atoms with Gasteiger partial charge in [0.15, 0.2) is 0 Å². The quantitative estimate of drug-likeness (QED) is 0.502. The Hall–Kier alpha value is -2.29. The molecule has 4 rings (SSSR count). The van der Waals surface area contributed by atoms with Gasteiger partial charge < -0.3 is 14.0 Å². The summed E-state index contributed by atoms with van der Waals surface area (Å²) < 4.78 is 46.5. The van der Waals surface area contributed by atoms with E-state index in [2.05, 4.69) is 4.98 Å². The molecule has 3 aromatic rings. The monoisotopic (exact) mass is 485 g/mol. The maximum absolute atomic E-state index is 13.2. The molecule has 170 valence electrons. The van der Waals surface area contributed by atoms with E-state index in [-0.39, 0.29) is 17.4 Å². The first-order chi connectivity index (χ1) is 15.1. The average Bonchev–Trinajstić information content (AvgIpc) is 3.07. The van der Waals surface area contributed by atoms with Crippen LogP contribution in [-0.2, 0) is 17.3 Å². The van der Waals surface area contributed by atoms with Crippen molar-refractivity contribution in [2.75, 3.05) is 26.3 Å². The molecule has 1 fully saturated rings. The second-order valence-electron chi connectivity index (χ2n) is 7.72. The standard InChI is InChI=1S/C22H20Cl2F3N3O2/c1-12-9-14(22(25,26)27)11-30-13(2)18(28-20(12)30)10-16-17(23)4-3-15(19(16)24)21(31)29-5-7-32-8-6-29/h3-4,9,11H,5-8,10H2,1-2H3. The maximum atomic E-state index is 13.2. The van der Waals surface area contributed by atoms with Gasteiger partial charge in [0.2, 0.25) is 0 Å². The molecule has 1 amide bonds. The van der Waals surface area contributed by atoms with E-state index in [1.807, 2.05) is 0 Å². The van der Waals surface area contributed by atoms with Gasteiger partial charge in [0.05, 0.1) is 35.1 Å². The van der Waals surface area contributed by atoms with Crippen LogP contribution in [0.25, 0.3) is 5.65 Å². The molecule has 1 aromatic carbocycles. The van der Waals surface area contributed by atoms with Crippen LogP contribution in [0.1, 0.15) is 38.4 Å². The van der Waals surface area contributed by atoms with Crippen LogP contribution in [0.5, 0.6) is 0 Å². The minimum Gasteiger partial charge on any atom is -0.378 e. The number of imidazole rings is 1. The fourth-order valence-corrected chi connectivity index (χ4v) is 4.41. The fraction of sp³-hybridized carbons (Fsp3) is 0.364. The Bertz CT molecular complexity index is 1200. The van der Waals surface area contributed by atoms with E-state index in [0.717, 1.165) is 12.3 Å². The predicted octanol–water partition coefficient (Wildman–Crippen LogP) is 5.34. The molecule has 1 aliphatic heterocycles. The Morgan fingerprint density at radius 3 is 2.53 bits per heavy atom.